The minimum Gasteiger partial charge on any atom is -0.481 e. The number of hydrogen-bond donors (Lipinski definition) is 2. The van der Waals surface area contributed by atoms with Crippen LogP contribution in [0, 0.1) is 5.92 Å². The number of hydrogen-bond acceptors (Lipinski definition) is 3. The Bertz CT molecular complexity index is 278. The van der Waals surface area contributed by atoms with Gasteiger partial charge in [-0.1, -0.05) is 6.08 Å². The lowest BCUT2D eigenvalue weighted by Gasteiger charge is -2.30. The second-order valence-corrected chi connectivity index (χ2v) is 3.94. The SMILES string of the molecule is C=CCNCC(=O)N1CCC[C@@H](C(=O)O)C1. The van der Waals surface area contributed by atoms with E-state index in [4.69, 9.17) is 5.11 Å². The summed E-state index contributed by atoms with van der Waals surface area (Å²) in [7, 11) is 0. The Hall–Kier alpha value is -1.36. The van der Waals surface area contributed by atoms with Crippen LogP contribution in [0.2, 0.25) is 0 Å². The molecule has 16 heavy (non-hydrogen) atoms. The van der Waals surface area contributed by atoms with Gasteiger partial charge in [0.2, 0.25) is 5.91 Å². The summed E-state index contributed by atoms with van der Waals surface area (Å²) in [6.45, 7) is 5.38. The van der Waals surface area contributed by atoms with Crippen molar-refractivity contribution in [1.29, 1.82) is 0 Å². The Kier molecular flexibility index (Phi) is 4.98. The van der Waals surface area contributed by atoms with E-state index in [1.807, 2.05) is 0 Å². The van der Waals surface area contributed by atoms with Gasteiger partial charge in [-0.25, -0.2) is 0 Å². The lowest BCUT2D eigenvalue weighted by molar-refractivity contribution is -0.145. The number of likely N-dealkylation sites (tertiary alicyclic amines) is 1. The molecule has 5 nitrogen and oxygen atoms in total. The largest absolute Gasteiger partial charge is 0.481 e. The van der Waals surface area contributed by atoms with Gasteiger partial charge in [0, 0.05) is 19.6 Å². The monoisotopic (exact) mass is 226 g/mol. The van der Waals surface area contributed by atoms with E-state index < -0.39 is 11.9 Å². The zero-order valence-electron chi connectivity index (χ0n) is 9.32. The third-order valence-corrected chi connectivity index (χ3v) is 2.69. The van der Waals surface area contributed by atoms with Gasteiger partial charge >= 0.3 is 5.97 Å². The number of piperidine rings is 1. The fourth-order valence-electron chi connectivity index (χ4n) is 1.80. The smallest absolute Gasteiger partial charge is 0.308 e. The molecular weight excluding hydrogens is 208 g/mol. The maximum atomic E-state index is 11.7. The Balaban J connectivity index is 2.37. The Morgan fingerprint density at radius 2 is 2.31 bits per heavy atom. The molecule has 0 bridgehead atoms. The molecule has 1 amide bonds. The Morgan fingerprint density at radius 3 is 2.94 bits per heavy atom. The highest BCUT2D eigenvalue weighted by Gasteiger charge is 2.27. The highest BCUT2D eigenvalue weighted by atomic mass is 16.4. The summed E-state index contributed by atoms with van der Waals surface area (Å²) < 4.78 is 0. The summed E-state index contributed by atoms with van der Waals surface area (Å²) in [6.07, 6.45) is 3.12. The fraction of sp³-hybridized carbons (Fsp3) is 0.636. The zero-order valence-corrected chi connectivity index (χ0v) is 9.32. The molecule has 0 radical (unpaired) electrons. The standard InChI is InChI=1S/C11H18N2O3/c1-2-5-12-7-10(14)13-6-3-4-9(8-13)11(15)16/h2,9,12H,1,3-8H2,(H,15,16)/t9-/m1/s1. The van der Waals surface area contributed by atoms with Gasteiger partial charge in [0.15, 0.2) is 0 Å². The topological polar surface area (TPSA) is 69.6 Å². The third kappa shape index (κ3) is 3.66. The van der Waals surface area contributed by atoms with E-state index in [9.17, 15) is 9.59 Å². The zero-order chi connectivity index (χ0) is 12.0. The van der Waals surface area contributed by atoms with E-state index in [1.165, 1.54) is 0 Å². The molecular formula is C11H18N2O3. The molecule has 1 saturated heterocycles. The van der Waals surface area contributed by atoms with E-state index in [2.05, 4.69) is 11.9 Å². The van der Waals surface area contributed by atoms with Gasteiger partial charge in [-0.3, -0.25) is 9.59 Å². The molecule has 0 aromatic heterocycles. The van der Waals surface area contributed by atoms with Crippen molar-refractivity contribution in [3.8, 4) is 0 Å². The minimum absolute atomic E-state index is 0.0344. The molecule has 0 saturated carbocycles. The second kappa shape index (κ2) is 6.27. The average Bonchev–Trinajstić information content (AvgIpc) is 2.29. The molecule has 1 aliphatic rings. The summed E-state index contributed by atoms with van der Waals surface area (Å²) in [6, 6.07) is 0. The quantitative estimate of drug-likeness (QED) is 0.515. The third-order valence-electron chi connectivity index (χ3n) is 2.69. The molecule has 90 valence electrons. The molecule has 0 spiro atoms. The van der Waals surface area contributed by atoms with Crippen molar-refractivity contribution in [3.63, 3.8) is 0 Å². The number of carboxylic acid groups (broad SMARTS) is 1. The number of nitrogens with one attached hydrogen (secondary N) is 1. The first-order valence-corrected chi connectivity index (χ1v) is 5.47. The van der Waals surface area contributed by atoms with E-state index in [1.54, 1.807) is 11.0 Å². The van der Waals surface area contributed by atoms with Gasteiger partial charge in [-0.05, 0) is 12.8 Å². The summed E-state index contributed by atoms with van der Waals surface area (Å²) in [5.41, 5.74) is 0. The molecule has 0 aliphatic carbocycles. The number of carbonyl (C=O) groups excluding carboxylic acids is 1. The van der Waals surface area contributed by atoms with Crippen LogP contribution >= 0.6 is 0 Å². The van der Waals surface area contributed by atoms with E-state index in [-0.39, 0.29) is 12.5 Å². The van der Waals surface area contributed by atoms with Crippen LogP contribution in [-0.4, -0.2) is 48.1 Å². The van der Waals surface area contributed by atoms with Crippen LogP contribution in [0.25, 0.3) is 0 Å². The number of aliphatic carboxylic acids is 1. The maximum absolute atomic E-state index is 11.7. The number of rotatable bonds is 5. The lowest BCUT2D eigenvalue weighted by Crippen LogP contribution is -2.45. The highest BCUT2D eigenvalue weighted by molar-refractivity contribution is 5.79. The van der Waals surface area contributed by atoms with E-state index in [0.717, 1.165) is 6.42 Å². The first-order chi connectivity index (χ1) is 7.65. The van der Waals surface area contributed by atoms with Crippen LogP contribution < -0.4 is 5.32 Å². The molecule has 1 aliphatic heterocycles. The van der Waals surface area contributed by atoms with Crippen molar-refractivity contribution in [3.05, 3.63) is 12.7 Å². The highest BCUT2D eigenvalue weighted by Crippen LogP contribution is 2.16. The molecule has 1 fully saturated rings. The summed E-state index contributed by atoms with van der Waals surface area (Å²) in [5, 5.41) is 11.8. The first kappa shape index (κ1) is 12.7. The molecule has 5 heteroatoms. The van der Waals surface area contributed by atoms with Crippen LogP contribution in [0.5, 0.6) is 0 Å². The van der Waals surface area contributed by atoms with Crippen molar-refractivity contribution in [2.45, 2.75) is 12.8 Å². The molecule has 0 unspecified atom stereocenters. The number of amides is 1. The van der Waals surface area contributed by atoms with Crippen molar-refractivity contribution in [1.82, 2.24) is 10.2 Å². The van der Waals surface area contributed by atoms with Crippen LogP contribution in [0.1, 0.15) is 12.8 Å². The van der Waals surface area contributed by atoms with Crippen LogP contribution in [0.15, 0.2) is 12.7 Å². The fourth-order valence-corrected chi connectivity index (χ4v) is 1.80. The van der Waals surface area contributed by atoms with Crippen LogP contribution in [-0.2, 0) is 9.59 Å². The summed E-state index contributed by atoms with van der Waals surface area (Å²) >= 11 is 0. The molecule has 2 N–H and O–H groups in total. The van der Waals surface area contributed by atoms with Gasteiger partial charge in [0.25, 0.3) is 0 Å². The molecule has 1 atom stereocenters. The van der Waals surface area contributed by atoms with Crippen molar-refractivity contribution in [2.75, 3.05) is 26.2 Å². The first-order valence-electron chi connectivity index (χ1n) is 5.47. The van der Waals surface area contributed by atoms with E-state index >= 15 is 0 Å². The van der Waals surface area contributed by atoms with Gasteiger partial charge < -0.3 is 15.3 Å². The van der Waals surface area contributed by atoms with Gasteiger partial charge in [-0.2, -0.15) is 0 Å². The van der Waals surface area contributed by atoms with Crippen LogP contribution in [0.3, 0.4) is 0 Å². The van der Waals surface area contributed by atoms with Crippen molar-refractivity contribution >= 4 is 11.9 Å². The number of carbonyl (C=O) groups is 2. The molecule has 1 rings (SSSR count). The minimum atomic E-state index is -0.809. The average molecular weight is 226 g/mol. The Labute approximate surface area is 95.1 Å². The number of carboxylic acids is 1. The van der Waals surface area contributed by atoms with E-state index in [0.29, 0.717) is 26.1 Å². The molecule has 1 heterocycles. The second-order valence-electron chi connectivity index (χ2n) is 3.94. The summed E-state index contributed by atoms with van der Waals surface area (Å²) in [4.78, 5) is 24.1. The molecule has 0 aromatic rings. The number of nitrogens with zero attached hydrogens (tertiary/aromatic N) is 1. The predicted molar refractivity (Wildman–Crippen MR) is 60.0 cm³/mol. The summed E-state index contributed by atoms with van der Waals surface area (Å²) in [5.74, 6) is -1.25. The van der Waals surface area contributed by atoms with Gasteiger partial charge in [-0.15, -0.1) is 6.58 Å². The van der Waals surface area contributed by atoms with Crippen molar-refractivity contribution in [2.24, 2.45) is 5.92 Å². The maximum Gasteiger partial charge on any atom is 0.308 e. The van der Waals surface area contributed by atoms with Gasteiger partial charge in [0.05, 0.1) is 12.5 Å². The lowest BCUT2D eigenvalue weighted by atomic mass is 9.98. The van der Waals surface area contributed by atoms with Crippen LogP contribution in [0.4, 0.5) is 0 Å². The normalized spacial score (nSPS) is 20.5. The predicted octanol–water partition coefficient (Wildman–Crippen LogP) is 0.0852. The van der Waals surface area contributed by atoms with Gasteiger partial charge in [0.1, 0.15) is 0 Å². The molecule has 0 aromatic carbocycles. The van der Waals surface area contributed by atoms with Crippen molar-refractivity contribution < 1.29 is 14.7 Å². The Morgan fingerprint density at radius 1 is 1.56 bits per heavy atom.